The quantitative estimate of drug-likeness (QED) is 0.679. The van der Waals surface area contributed by atoms with E-state index < -0.39 is 5.97 Å². The van der Waals surface area contributed by atoms with Gasteiger partial charge in [-0.1, -0.05) is 11.3 Å². The van der Waals surface area contributed by atoms with Crippen molar-refractivity contribution < 1.29 is 9.53 Å². The van der Waals surface area contributed by atoms with Crippen LogP contribution in [-0.2, 0) is 9.53 Å². The summed E-state index contributed by atoms with van der Waals surface area (Å²) in [6, 6.07) is 0. The number of ether oxygens (including phenoxy) is 1. The fourth-order valence-electron chi connectivity index (χ4n) is 1.88. The van der Waals surface area contributed by atoms with Gasteiger partial charge in [0.25, 0.3) is 5.56 Å². The number of nitrogens with zero attached hydrogens (tertiary/aromatic N) is 2. The van der Waals surface area contributed by atoms with Crippen molar-refractivity contribution in [1.82, 2.24) is 4.57 Å². The Labute approximate surface area is 108 Å². The Balaban J connectivity index is 2.76. The molecule has 1 aliphatic heterocycles. The highest BCUT2D eigenvalue weighted by Gasteiger charge is 2.21. The summed E-state index contributed by atoms with van der Waals surface area (Å²) in [6.07, 6.45) is 3.13. The van der Waals surface area contributed by atoms with Gasteiger partial charge in [-0.3, -0.25) is 9.36 Å². The Morgan fingerprint density at radius 3 is 2.83 bits per heavy atom. The first-order valence-electron chi connectivity index (χ1n) is 5.45. The standard InChI is InChI=1S/C12H14N2O3S/c1-7-6-12(2,3)13-11-14(7)10(16)8(18-11)5-9(15)17-4/h5-6H,1-4H3/b8-5+. The molecule has 1 aromatic rings. The highest BCUT2D eigenvalue weighted by molar-refractivity contribution is 7.07. The number of methoxy groups -OCH3 is 1. The minimum Gasteiger partial charge on any atom is -0.466 e. The Bertz CT molecular complexity index is 707. The zero-order valence-electron chi connectivity index (χ0n) is 10.7. The van der Waals surface area contributed by atoms with Gasteiger partial charge in [0.15, 0.2) is 4.80 Å². The lowest BCUT2D eigenvalue weighted by Gasteiger charge is -2.20. The first kappa shape index (κ1) is 12.8. The third-order valence-corrected chi connectivity index (χ3v) is 3.52. The number of allylic oxidation sites excluding steroid dienone is 1. The predicted octanol–water partition coefficient (Wildman–Crippen LogP) is 0.136. The molecule has 0 atom stereocenters. The van der Waals surface area contributed by atoms with E-state index in [4.69, 9.17) is 0 Å². The summed E-state index contributed by atoms with van der Waals surface area (Å²) in [7, 11) is 1.28. The number of carbonyl (C=O) groups is 1. The second-order valence-corrected chi connectivity index (χ2v) is 5.62. The number of aromatic nitrogens is 1. The van der Waals surface area contributed by atoms with Crippen LogP contribution in [0, 0.1) is 0 Å². The number of rotatable bonds is 1. The second kappa shape index (κ2) is 4.20. The SMILES string of the molecule is COC(=O)/C=c1/sc2n(c1=O)C(C)=CC(C)(C)N=2. The molecule has 0 unspecified atom stereocenters. The van der Waals surface area contributed by atoms with Gasteiger partial charge in [0.05, 0.1) is 12.6 Å². The minimum atomic E-state index is -0.535. The Hall–Kier alpha value is -1.69. The lowest BCUT2D eigenvalue weighted by molar-refractivity contribution is -0.133. The van der Waals surface area contributed by atoms with Crippen LogP contribution in [0.25, 0.3) is 11.8 Å². The summed E-state index contributed by atoms with van der Waals surface area (Å²) in [4.78, 5) is 28.4. The maximum Gasteiger partial charge on any atom is 0.332 e. The summed E-state index contributed by atoms with van der Waals surface area (Å²) >= 11 is 1.20. The maximum absolute atomic E-state index is 12.1. The fraction of sp³-hybridized carbons (Fsp3) is 0.417. The molecule has 0 spiro atoms. The van der Waals surface area contributed by atoms with Gasteiger partial charge in [0, 0.05) is 11.8 Å². The molecule has 0 aliphatic carbocycles. The normalized spacial score (nSPS) is 17.8. The van der Waals surface area contributed by atoms with Gasteiger partial charge in [0.1, 0.15) is 4.53 Å². The van der Waals surface area contributed by atoms with E-state index in [-0.39, 0.29) is 11.1 Å². The molecule has 0 saturated carbocycles. The monoisotopic (exact) mass is 266 g/mol. The summed E-state index contributed by atoms with van der Waals surface area (Å²) in [5, 5.41) is 0. The zero-order valence-corrected chi connectivity index (χ0v) is 11.5. The van der Waals surface area contributed by atoms with E-state index in [1.165, 1.54) is 29.1 Å². The highest BCUT2D eigenvalue weighted by Crippen LogP contribution is 2.17. The van der Waals surface area contributed by atoms with Crippen LogP contribution in [0.5, 0.6) is 0 Å². The third-order valence-electron chi connectivity index (χ3n) is 2.56. The number of hydrogen-bond acceptors (Lipinski definition) is 5. The lowest BCUT2D eigenvalue weighted by Crippen LogP contribution is -2.35. The van der Waals surface area contributed by atoms with Crippen molar-refractivity contribution in [1.29, 1.82) is 0 Å². The van der Waals surface area contributed by atoms with Crippen LogP contribution in [0.4, 0.5) is 0 Å². The van der Waals surface area contributed by atoms with Crippen LogP contribution in [-0.4, -0.2) is 23.2 Å². The summed E-state index contributed by atoms with van der Waals surface area (Å²) < 4.78 is 6.39. The van der Waals surface area contributed by atoms with Crippen LogP contribution in [0.1, 0.15) is 20.8 Å². The van der Waals surface area contributed by atoms with Crippen molar-refractivity contribution in [2.45, 2.75) is 26.3 Å². The average molecular weight is 266 g/mol. The number of esters is 1. The third kappa shape index (κ3) is 2.15. The van der Waals surface area contributed by atoms with Gasteiger partial charge in [-0.25, -0.2) is 9.79 Å². The summed E-state index contributed by atoms with van der Waals surface area (Å²) in [5.74, 6) is -0.535. The molecule has 0 amide bonds. The van der Waals surface area contributed by atoms with Crippen LogP contribution in [0.2, 0.25) is 0 Å². The molecule has 0 saturated heterocycles. The van der Waals surface area contributed by atoms with Gasteiger partial charge >= 0.3 is 5.97 Å². The van der Waals surface area contributed by atoms with Gasteiger partial charge in [0.2, 0.25) is 0 Å². The number of fused-ring (bicyclic) bond motifs is 1. The highest BCUT2D eigenvalue weighted by atomic mass is 32.1. The van der Waals surface area contributed by atoms with Gasteiger partial charge in [-0.2, -0.15) is 0 Å². The van der Waals surface area contributed by atoms with E-state index in [1.807, 2.05) is 26.8 Å². The molecule has 0 radical (unpaired) electrons. The lowest BCUT2D eigenvalue weighted by atomic mass is 10.0. The molecular weight excluding hydrogens is 252 g/mol. The van der Waals surface area contributed by atoms with E-state index >= 15 is 0 Å². The molecule has 18 heavy (non-hydrogen) atoms. The first-order valence-corrected chi connectivity index (χ1v) is 6.27. The van der Waals surface area contributed by atoms with Crippen molar-refractivity contribution in [3.05, 3.63) is 25.8 Å². The molecular formula is C12H14N2O3S. The zero-order chi connectivity index (χ0) is 13.5. The maximum atomic E-state index is 12.1. The second-order valence-electron chi connectivity index (χ2n) is 4.61. The number of hydrogen-bond donors (Lipinski definition) is 0. The summed E-state index contributed by atoms with van der Waals surface area (Å²) in [5.41, 5.74) is 0.272. The van der Waals surface area contributed by atoms with Gasteiger partial charge in [-0.15, -0.1) is 0 Å². The molecule has 0 N–H and O–H groups in total. The average Bonchev–Trinajstić information content (AvgIpc) is 2.53. The topological polar surface area (TPSA) is 60.7 Å². The van der Waals surface area contributed by atoms with Crippen molar-refractivity contribution in [3.8, 4) is 0 Å². The molecule has 0 bridgehead atoms. The molecule has 0 fully saturated rings. The Morgan fingerprint density at radius 2 is 2.22 bits per heavy atom. The fourth-order valence-corrected chi connectivity index (χ4v) is 3.01. The minimum absolute atomic E-state index is 0.228. The Morgan fingerprint density at radius 1 is 1.56 bits per heavy atom. The molecule has 2 rings (SSSR count). The summed E-state index contributed by atoms with van der Waals surface area (Å²) in [6.45, 7) is 5.79. The largest absolute Gasteiger partial charge is 0.466 e. The number of carbonyl (C=O) groups excluding carboxylic acids is 1. The Kier molecular flexibility index (Phi) is 2.98. The van der Waals surface area contributed by atoms with E-state index in [0.717, 1.165) is 5.70 Å². The van der Waals surface area contributed by atoms with Crippen molar-refractivity contribution in [2.24, 2.45) is 4.99 Å². The molecule has 5 nitrogen and oxygen atoms in total. The predicted molar refractivity (Wildman–Crippen MR) is 69.9 cm³/mol. The van der Waals surface area contributed by atoms with E-state index in [9.17, 15) is 9.59 Å². The molecule has 96 valence electrons. The smallest absolute Gasteiger partial charge is 0.332 e. The van der Waals surface area contributed by atoms with E-state index in [2.05, 4.69) is 9.73 Å². The van der Waals surface area contributed by atoms with Crippen molar-refractivity contribution in [3.63, 3.8) is 0 Å². The number of thiazole rings is 1. The van der Waals surface area contributed by atoms with Crippen molar-refractivity contribution >= 4 is 29.1 Å². The molecule has 0 aromatic carbocycles. The van der Waals surface area contributed by atoms with Gasteiger partial charge in [-0.05, 0) is 26.8 Å². The molecule has 6 heteroatoms. The van der Waals surface area contributed by atoms with E-state index in [0.29, 0.717) is 9.33 Å². The first-order chi connectivity index (χ1) is 8.34. The van der Waals surface area contributed by atoms with Crippen LogP contribution in [0.3, 0.4) is 0 Å². The van der Waals surface area contributed by atoms with Crippen molar-refractivity contribution in [2.75, 3.05) is 7.11 Å². The van der Waals surface area contributed by atoms with Crippen LogP contribution < -0.4 is 14.9 Å². The van der Waals surface area contributed by atoms with Crippen LogP contribution in [0.15, 0.2) is 15.9 Å². The van der Waals surface area contributed by atoms with Crippen LogP contribution >= 0.6 is 11.3 Å². The molecule has 2 heterocycles. The van der Waals surface area contributed by atoms with E-state index in [1.54, 1.807) is 0 Å². The molecule has 1 aliphatic rings. The molecule has 1 aromatic heterocycles. The van der Waals surface area contributed by atoms with Gasteiger partial charge < -0.3 is 4.74 Å².